The van der Waals surface area contributed by atoms with Crippen LogP contribution in [-0.4, -0.2) is 23.7 Å². The molecule has 0 aliphatic rings. The van der Waals surface area contributed by atoms with Crippen molar-refractivity contribution in [2.45, 2.75) is 13.8 Å². The number of aryl methyl sites for hydroxylation is 2. The van der Waals surface area contributed by atoms with Crippen LogP contribution in [-0.2, 0) is 9.24 Å². The van der Waals surface area contributed by atoms with Gasteiger partial charge in [0.2, 0.25) is 0 Å². The van der Waals surface area contributed by atoms with Gasteiger partial charge in [-0.1, -0.05) is 0 Å². The number of carbonyl (C=O) groups excluding carboxylic acids is 1. The lowest BCUT2D eigenvalue weighted by atomic mass is 10.2. The maximum atomic E-state index is 12.2. The van der Waals surface area contributed by atoms with Crippen LogP contribution in [0.25, 0.3) is 5.65 Å². The summed E-state index contributed by atoms with van der Waals surface area (Å²) in [6, 6.07) is 0. The third-order valence-corrected chi connectivity index (χ3v) is 3.57. The molecule has 0 saturated carbocycles. The van der Waals surface area contributed by atoms with Gasteiger partial charge in [0.1, 0.15) is 17.0 Å². The maximum Gasteiger partial charge on any atom is 0.321 e. The molecule has 0 bridgehead atoms. The zero-order valence-electron chi connectivity index (χ0n) is 10.5. The first-order valence-electron chi connectivity index (χ1n) is 5.38. The van der Waals surface area contributed by atoms with Crippen molar-refractivity contribution in [2.24, 2.45) is 0 Å². The molecule has 4 N–H and O–H groups in total. The highest BCUT2D eigenvalue weighted by molar-refractivity contribution is 8.12. The molecule has 8 nitrogen and oxygen atoms in total. The minimum atomic E-state index is -4.31. The molecule has 0 aliphatic heterocycles. The lowest BCUT2D eigenvalue weighted by Gasteiger charge is -2.06. The number of halogens is 1. The summed E-state index contributed by atoms with van der Waals surface area (Å²) in [6.45, 7) is 3.57. The Morgan fingerprint density at radius 3 is 2.60 bits per heavy atom. The van der Waals surface area contributed by atoms with E-state index in [0.717, 1.165) is 11.1 Å². The van der Waals surface area contributed by atoms with Gasteiger partial charge >= 0.3 is 9.24 Å². The Kier molecular flexibility index (Phi) is 3.26. The van der Waals surface area contributed by atoms with E-state index in [2.05, 4.69) is 4.98 Å². The summed E-state index contributed by atoms with van der Waals surface area (Å²) in [6.07, 6.45) is 1.52. The monoisotopic (exact) mass is 318 g/mol. The zero-order valence-corrected chi connectivity index (χ0v) is 12.1. The van der Waals surface area contributed by atoms with E-state index in [-0.39, 0.29) is 5.82 Å². The fourth-order valence-corrected chi connectivity index (χ4v) is 2.38. The molecule has 0 aliphatic carbocycles. The van der Waals surface area contributed by atoms with E-state index in [0.29, 0.717) is 5.65 Å². The molecule has 0 radical (unpaired) electrons. The van der Waals surface area contributed by atoms with Gasteiger partial charge in [0.05, 0.1) is 0 Å². The number of fused-ring (bicyclic) bond motifs is 1. The second-order valence-corrected chi connectivity index (χ2v) is 6.54. The molecule has 0 aromatic carbocycles. The molecule has 0 unspecified atom stereocenters. The number of rotatable bonds is 2. The first-order chi connectivity index (χ1) is 9.11. The number of nitrogens with zero attached hydrogens (tertiary/aromatic N) is 1. The standard InChI is InChI=1S/C10H11ClN4O4S/c1-4-3-15-8(5(4)2)13-7(12)6(10(15)17)9(16)14-20(11,18)19/h3,13H,12H2,1-2H3,(H,14,16). The zero-order chi connectivity index (χ0) is 15.2. The molecule has 20 heavy (non-hydrogen) atoms. The molecular formula is C10H11ClN4O4S. The summed E-state index contributed by atoms with van der Waals surface area (Å²) < 4.78 is 24.3. The molecule has 2 aromatic heterocycles. The number of nitrogens with one attached hydrogen (secondary N) is 2. The van der Waals surface area contributed by atoms with Crippen LogP contribution in [0.2, 0.25) is 0 Å². The van der Waals surface area contributed by atoms with E-state index < -0.39 is 26.3 Å². The SMILES string of the molecule is Cc1cn2c(=O)c(C(=O)NS(=O)(=O)Cl)c(N)[nH]c2c1C. The summed E-state index contributed by atoms with van der Waals surface area (Å²) >= 11 is 0. The molecule has 1 amide bonds. The number of nitrogen functional groups attached to an aromatic ring is 1. The Hall–Kier alpha value is -2.00. The molecule has 2 heterocycles. The van der Waals surface area contributed by atoms with Crippen LogP contribution in [0.4, 0.5) is 5.82 Å². The Morgan fingerprint density at radius 1 is 1.45 bits per heavy atom. The molecule has 108 valence electrons. The van der Waals surface area contributed by atoms with Gasteiger partial charge < -0.3 is 10.7 Å². The van der Waals surface area contributed by atoms with Crippen LogP contribution >= 0.6 is 10.7 Å². The lowest BCUT2D eigenvalue weighted by molar-refractivity contribution is 0.0981. The normalized spacial score (nSPS) is 11.8. The van der Waals surface area contributed by atoms with Crippen molar-refractivity contribution < 1.29 is 13.2 Å². The van der Waals surface area contributed by atoms with Gasteiger partial charge in [-0.25, -0.2) is 4.72 Å². The van der Waals surface area contributed by atoms with Crippen molar-refractivity contribution in [3.63, 3.8) is 0 Å². The van der Waals surface area contributed by atoms with Crippen molar-refractivity contribution in [3.8, 4) is 0 Å². The second-order valence-electron chi connectivity index (χ2n) is 4.24. The fraction of sp³-hybridized carbons (Fsp3) is 0.200. The summed E-state index contributed by atoms with van der Waals surface area (Å²) in [4.78, 5) is 26.7. The Bertz CT molecular complexity index is 881. The van der Waals surface area contributed by atoms with E-state index in [1.54, 1.807) is 13.8 Å². The highest BCUT2D eigenvalue weighted by Gasteiger charge is 2.22. The first kappa shape index (κ1) is 14.4. The minimum absolute atomic E-state index is 0.235. The van der Waals surface area contributed by atoms with Gasteiger partial charge in [-0.3, -0.25) is 14.0 Å². The third-order valence-electron chi connectivity index (χ3n) is 2.91. The van der Waals surface area contributed by atoms with Crippen LogP contribution < -0.4 is 16.0 Å². The van der Waals surface area contributed by atoms with Gasteiger partial charge in [0.15, 0.2) is 0 Å². The van der Waals surface area contributed by atoms with Gasteiger partial charge in [0.25, 0.3) is 11.5 Å². The molecule has 2 rings (SSSR count). The van der Waals surface area contributed by atoms with Crippen molar-refractivity contribution in [2.75, 3.05) is 5.73 Å². The van der Waals surface area contributed by atoms with Crippen LogP contribution in [0.5, 0.6) is 0 Å². The Labute approximate surface area is 118 Å². The smallest absolute Gasteiger partial charge is 0.321 e. The van der Waals surface area contributed by atoms with Crippen LogP contribution in [0.3, 0.4) is 0 Å². The molecule has 0 fully saturated rings. The Balaban J connectivity index is 2.73. The van der Waals surface area contributed by atoms with Crippen molar-refractivity contribution in [1.29, 1.82) is 0 Å². The van der Waals surface area contributed by atoms with E-state index in [4.69, 9.17) is 16.4 Å². The average molecular weight is 319 g/mol. The largest absolute Gasteiger partial charge is 0.384 e. The van der Waals surface area contributed by atoms with Crippen molar-refractivity contribution in [3.05, 3.63) is 33.2 Å². The number of aromatic nitrogens is 2. The molecule has 0 spiro atoms. The summed E-state index contributed by atoms with van der Waals surface area (Å²) in [5.41, 5.74) is 6.43. The molecule has 2 aromatic rings. The Morgan fingerprint density at radius 2 is 2.05 bits per heavy atom. The molecular weight excluding hydrogens is 308 g/mol. The molecule has 0 atom stereocenters. The number of anilines is 1. The van der Waals surface area contributed by atoms with Gasteiger partial charge in [-0.2, -0.15) is 8.42 Å². The van der Waals surface area contributed by atoms with Crippen LogP contribution in [0.1, 0.15) is 21.5 Å². The quantitative estimate of drug-likeness (QED) is 0.674. The summed E-state index contributed by atoms with van der Waals surface area (Å²) in [7, 11) is 0.604. The van der Waals surface area contributed by atoms with E-state index in [1.165, 1.54) is 15.3 Å². The van der Waals surface area contributed by atoms with Gasteiger partial charge in [0, 0.05) is 16.9 Å². The molecule has 10 heteroatoms. The highest BCUT2D eigenvalue weighted by Crippen LogP contribution is 2.16. The number of H-pyrrole nitrogens is 1. The van der Waals surface area contributed by atoms with E-state index in [1.807, 2.05) is 0 Å². The van der Waals surface area contributed by atoms with Crippen LogP contribution in [0, 0.1) is 13.8 Å². The number of aromatic amines is 1. The summed E-state index contributed by atoms with van der Waals surface area (Å²) in [5.74, 6) is -1.42. The van der Waals surface area contributed by atoms with Crippen molar-refractivity contribution in [1.82, 2.24) is 14.1 Å². The third kappa shape index (κ3) is 2.37. The van der Waals surface area contributed by atoms with Gasteiger partial charge in [-0.05, 0) is 25.0 Å². The van der Waals surface area contributed by atoms with E-state index in [9.17, 15) is 18.0 Å². The van der Waals surface area contributed by atoms with Crippen LogP contribution in [0.15, 0.2) is 11.0 Å². The predicted molar refractivity (Wildman–Crippen MR) is 74.1 cm³/mol. The number of hydrogen-bond donors (Lipinski definition) is 3. The second kappa shape index (κ2) is 4.53. The van der Waals surface area contributed by atoms with Crippen molar-refractivity contribution >= 4 is 37.3 Å². The lowest BCUT2D eigenvalue weighted by Crippen LogP contribution is -2.34. The van der Waals surface area contributed by atoms with Gasteiger partial charge in [-0.15, -0.1) is 0 Å². The fourth-order valence-electron chi connectivity index (χ4n) is 1.84. The topological polar surface area (TPSA) is 127 Å². The number of amides is 1. The molecule has 0 saturated heterocycles. The maximum absolute atomic E-state index is 12.2. The van der Waals surface area contributed by atoms with E-state index >= 15 is 0 Å². The average Bonchev–Trinajstić information content (AvgIpc) is 2.54. The number of hydrogen-bond acceptors (Lipinski definition) is 5. The minimum Gasteiger partial charge on any atom is -0.384 e. The highest BCUT2D eigenvalue weighted by atomic mass is 35.7. The number of carbonyl (C=O) groups is 1. The predicted octanol–water partition coefficient (Wildman–Crippen LogP) is 0.0400. The first-order valence-corrected chi connectivity index (χ1v) is 7.69. The number of nitrogens with two attached hydrogens (primary N) is 1. The summed E-state index contributed by atoms with van der Waals surface area (Å²) in [5, 5.41) is 0.